The molecule has 1 aromatic heterocycles. The average Bonchev–Trinajstić information content (AvgIpc) is 2.88. The fourth-order valence-corrected chi connectivity index (χ4v) is 2.02. The first-order valence-corrected chi connectivity index (χ1v) is 6.73. The van der Waals surface area contributed by atoms with Gasteiger partial charge in [0.15, 0.2) is 0 Å². The first-order chi connectivity index (χ1) is 9.53. The van der Waals surface area contributed by atoms with Gasteiger partial charge in [0.25, 0.3) is 0 Å². The number of benzene rings is 1. The van der Waals surface area contributed by atoms with E-state index in [4.69, 9.17) is 5.73 Å². The molecule has 3 N–H and O–H groups in total. The minimum absolute atomic E-state index is 0.188. The number of anilines is 1. The number of para-hydroxylation sites is 1. The summed E-state index contributed by atoms with van der Waals surface area (Å²) in [6, 6.07) is 9.71. The second kappa shape index (κ2) is 5.88. The van der Waals surface area contributed by atoms with Gasteiger partial charge in [-0.2, -0.15) is 5.10 Å². The summed E-state index contributed by atoms with van der Waals surface area (Å²) >= 11 is 0. The molecule has 1 heterocycles. The fourth-order valence-electron chi connectivity index (χ4n) is 2.02. The van der Waals surface area contributed by atoms with Crippen LogP contribution in [0.5, 0.6) is 0 Å². The highest BCUT2D eigenvalue weighted by Gasteiger charge is 2.27. The second-order valence-corrected chi connectivity index (χ2v) is 5.13. The molecule has 0 saturated heterocycles. The van der Waals surface area contributed by atoms with Crippen LogP contribution < -0.4 is 11.1 Å². The molecule has 5 nitrogen and oxygen atoms in total. The number of amides is 1. The molecule has 20 heavy (non-hydrogen) atoms. The highest BCUT2D eigenvalue weighted by molar-refractivity contribution is 5.97. The Kier molecular flexibility index (Phi) is 4.20. The number of hydrogen-bond donors (Lipinski definition) is 2. The fraction of sp³-hybridized carbons (Fsp3) is 0.333. The van der Waals surface area contributed by atoms with Crippen LogP contribution in [0.25, 0.3) is 5.69 Å². The van der Waals surface area contributed by atoms with Gasteiger partial charge in [0, 0.05) is 0 Å². The molecule has 1 amide bonds. The van der Waals surface area contributed by atoms with E-state index in [1.165, 1.54) is 0 Å². The average molecular weight is 272 g/mol. The van der Waals surface area contributed by atoms with Crippen LogP contribution in [0.15, 0.2) is 42.7 Å². The summed E-state index contributed by atoms with van der Waals surface area (Å²) < 4.78 is 1.71. The SMILES string of the molecule is CCCC(C)(N)C(=O)Nc1cnn(-c2ccccc2)c1. The normalized spacial score (nSPS) is 13.8. The maximum absolute atomic E-state index is 12.1. The van der Waals surface area contributed by atoms with Crippen molar-refractivity contribution in [1.82, 2.24) is 9.78 Å². The molecule has 0 fully saturated rings. The van der Waals surface area contributed by atoms with Crippen molar-refractivity contribution in [3.05, 3.63) is 42.7 Å². The zero-order valence-corrected chi connectivity index (χ0v) is 11.8. The molecular weight excluding hydrogens is 252 g/mol. The molecule has 1 aromatic carbocycles. The van der Waals surface area contributed by atoms with Gasteiger partial charge in [-0.3, -0.25) is 4.79 Å². The summed E-state index contributed by atoms with van der Waals surface area (Å²) in [5.74, 6) is -0.188. The van der Waals surface area contributed by atoms with Crippen LogP contribution in [0.2, 0.25) is 0 Å². The molecule has 0 bridgehead atoms. The van der Waals surface area contributed by atoms with Gasteiger partial charge in [-0.25, -0.2) is 4.68 Å². The van der Waals surface area contributed by atoms with Crippen molar-refractivity contribution >= 4 is 11.6 Å². The van der Waals surface area contributed by atoms with Gasteiger partial charge in [-0.05, 0) is 25.5 Å². The van der Waals surface area contributed by atoms with Crippen LogP contribution in [-0.2, 0) is 4.79 Å². The molecular formula is C15H20N4O. The van der Waals surface area contributed by atoms with Crippen molar-refractivity contribution < 1.29 is 4.79 Å². The predicted molar refractivity (Wildman–Crippen MR) is 79.7 cm³/mol. The molecule has 0 radical (unpaired) electrons. The topological polar surface area (TPSA) is 72.9 Å². The Bertz CT molecular complexity index is 575. The maximum Gasteiger partial charge on any atom is 0.244 e. The smallest absolute Gasteiger partial charge is 0.244 e. The lowest BCUT2D eigenvalue weighted by Crippen LogP contribution is -2.48. The molecule has 0 aliphatic heterocycles. The highest BCUT2D eigenvalue weighted by atomic mass is 16.2. The zero-order chi connectivity index (χ0) is 14.6. The third-order valence-corrected chi connectivity index (χ3v) is 3.15. The first-order valence-electron chi connectivity index (χ1n) is 6.73. The van der Waals surface area contributed by atoms with E-state index in [2.05, 4.69) is 10.4 Å². The summed E-state index contributed by atoms with van der Waals surface area (Å²) in [6.45, 7) is 3.75. The van der Waals surface area contributed by atoms with E-state index >= 15 is 0 Å². The lowest BCUT2D eigenvalue weighted by Gasteiger charge is -2.22. The van der Waals surface area contributed by atoms with Gasteiger partial charge < -0.3 is 11.1 Å². The van der Waals surface area contributed by atoms with Gasteiger partial charge >= 0.3 is 0 Å². The number of rotatable bonds is 5. The Morgan fingerprint density at radius 1 is 1.40 bits per heavy atom. The summed E-state index contributed by atoms with van der Waals surface area (Å²) in [5.41, 5.74) is 6.73. The molecule has 1 atom stereocenters. The molecule has 5 heteroatoms. The number of nitrogens with one attached hydrogen (secondary N) is 1. The molecule has 0 saturated carbocycles. The van der Waals surface area contributed by atoms with E-state index < -0.39 is 5.54 Å². The van der Waals surface area contributed by atoms with Crippen LogP contribution in [0, 0.1) is 0 Å². The molecule has 2 rings (SSSR count). The number of hydrogen-bond acceptors (Lipinski definition) is 3. The monoisotopic (exact) mass is 272 g/mol. The van der Waals surface area contributed by atoms with Crippen molar-refractivity contribution in [1.29, 1.82) is 0 Å². The Morgan fingerprint density at radius 3 is 2.75 bits per heavy atom. The van der Waals surface area contributed by atoms with Gasteiger partial charge in [-0.15, -0.1) is 0 Å². The number of aromatic nitrogens is 2. The van der Waals surface area contributed by atoms with Gasteiger partial charge in [0.05, 0.1) is 29.3 Å². The summed E-state index contributed by atoms with van der Waals surface area (Å²) in [4.78, 5) is 12.1. The Labute approximate surface area is 118 Å². The lowest BCUT2D eigenvalue weighted by atomic mass is 9.96. The minimum atomic E-state index is -0.858. The minimum Gasteiger partial charge on any atom is -0.322 e. The molecule has 0 aliphatic rings. The Balaban J connectivity index is 2.09. The van der Waals surface area contributed by atoms with E-state index in [0.717, 1.165) is 12.1 Å². The standard InChI is InChI=1S/C15H20N4O/c1-3-9-15(2,16)14(20)18-12-10-17-19(11-12)13-7-5-4-6-8-13/h4-8,10-11H,3,9,16H2,1-2H3,(H,18,20). The Morgan fingerprint density at radius 2 is 2.10 bits per heavy atom. The van der Waals surface area contributed by atoms with E-state index in [1.807, 2.05) is 37.3 Å². The predicted octanol–water partition coefficient (Wildman–Crippen LogP) is 2.33. The quantitative estimate of drug-likeness (QED) is 0.877. The third-order valence-electron chi connectivity index (χ3n) is 3.15. The number of carbonyl (C=O) groups excluding carboxylic acids is 1. The van der Waals surface area contributed by atoms with E-state index in [9.17, 15) is 4.79 Å². The summed E-state index contributed by atoms with van der Waals surface area (Å²) in [7, 11) is 0. The first kappa shape index (κ1) is 14.3. The molecule has 106 valence electrons. The highest BCUT2D eigenvalue weighted by Crippen LogP contribution is 2.15. The van der Waals surface area contributed by atoms with E-state index in [-0.39, 0.29) is 5.91 Å². The van der Waals surface area contributed by atoms with Crippen LogP contribution >= 0.6 is 0 Å². The number of nitrogens with zero attached hydrogens (tertiary/aromatic N) is 2. The van der Waals surface area contributed by atoms with Crippen molar-refractivity contribution in [2.75, 3.05) is 5.32 Å². The van der Waals surface area contributed by atoms with Crippen LogP contribution in [0.4, 0.5) is 5.69 Å². The van der Waals surface area contributed by atoms with Crippen LogP contribution in [0.3, 0.4) is 0 Å². The third kappa shape index (κ3) is 3.24. The van der Waals surface area contributed by atoms with Crippen molar-refractivity contribution in [3.63, 3.8) is 0 Å². The number of nitrogens with two attached hydrogens (primary N) is 1. The van der Waals surface area contributed by atoms with E-state index in [1.54, 1.807) is 24.0 Å². The van der Waals surface area contributed by atoms with Crippen molar-refractivity contribution in [3.8, 4) is 5.69 Å². The zero-order valence-electron chi connectivity index (χ0n) is 11.8. The Hall–Kier alpha value is -2.14. The van der Waals surface area contributed by atoms with Gasteiger partial charge in [0.1, 0.15) is 0 Å². The molecule has 0 aliphatic carbocycles. The summed E-state index contributed by atoms with van der Waals surface area (Å²) in [5, 5.41) is 7.04. The molecule has 1 unspecified atom stereocenters. The van der Waals surface area contributed by atoms with Crippen LogP contribution in [0.1, 0.15) is 26.7 Å². The van der Waals surface area contributed by atoms with Crippen molar-refractivity contribution in [2.45, 2.75) is 32.2 Å². The van der Waals surface area contributed by atoms with Crippen molar-refractivity contribution in [2.24, 2.45) is 5.73 Å². The summed E-state index contributed by atoms with van der Waals surface area (Å²) in [6.07, 6.45) is 4.90. The second-order valence-electron chi connectivity index (χ2n) is 5.13. The largest absolute Gasteiger partial charge is 0.322 e. The van der Waals surface area contributed by atoms with Gasteiger partial charge in [0.2, 0.25) is 5.91 Å². The van der Waals surface area contributed by atoms with Crippen LogP contribution in [-0.4, -0.2) is 21.2 Å². The maximum atomic E-state index is 12.1. The van der Waals surface area contributed by atoms with Gasteiger partial charge in [-0.1, -0.05) is 31.5 Å². The molecule has 2 aromatic rings. The molecule has 0 spiro atoms. The number of carbonyl (C=O) groups is 1. The van der Waals surface area contributed by atoms with E-state index in [0.29, 0.717) is 12.1 Å². The lowest BCUT2D eigenvalue weighted by molar-refractivity contribution is -0.120.